The lowest BCUT2D eigenvalue weighted by Gasteiger charge is -2.12. The lowest BCUT2D eigenvalue weighted by Crippen LogP contribution is -2.24. The van der Waals surface area contributed by atoms with E-state index in [1.54, 1.807) is 49.6 Å². The standard InChI is InChI=1S/C20H24N2O4/c1-4-5-11-21-19(23)14-7-6-8-15(12-14)20(24)22-17-10-9-16(25-2)13-18(17)26-3/h6-10,12-13H,4-5,11H2,1-3H3,(H,21,23)(H,22,24). The summed E-state index contributed by atoms with van der Waals surface area (Å²) < 4.78 is 10.4. The van der Waals surface area contributed by atoms with Gasteiger partial charge in [0.05, 0.1) is 19.9 Å². The number of carbonyl (C=O) groups is 2. The highest BCUT2D eigenvalue weighted by Crippen LogP contribution is 2.29. The van der Waals surface area contributed by atoms with Crippen LogP contribution in [0.4, 0.5) is 5.69 Å². The third kappa shape index (κ3) is 4.99. The molecule has 0 aliphatic rings. The molecular weight excluding hydrogens is 332 g/mol. The topological polar surface area (TPSA) is 76.7 Å². The van der Waals surface area contributed by atoms with Gasteiger partial charge in [-0.05, 0) is 36.8 Å². The first kappa shape index (κ1) is 19.3. The Hall–Kier alpha value is -3.02. The summed E-state index contributed by atoms with van der Waals surface area (Å²) in [5.74, 6) is 0.614. The van der Waals surface area contributed by atoms with E-state index in [4.69, 9.17) is 9.47 Å². The smallest absolute Gasteiger partial charge is 0.255 e. The SMILES string of the molecule is CCCCNC(=O)c1cccc(C(=O)Nc2ccc(OC)cc2OC)c1. The molecule has 0 fully saturated rings. The quantitative estimate of drug-likeness (QED) is 0.710. The molecule has 6 heteroatoms. The van der Waals surface area contributed by atoms with Crippen LogP contribution in [0.25, 0.3) is 0 Å². The van der Waals surface area contributed by atoms with Crippen LogP contribution >= 0.6 is 0 Å². The molecule has 26 heavy (non-hydrogen) atoms. The number of benzene rings is 2. The Morgan fingerprint density at radius 2 is 1.69 bits per heavy atom. The highest BCUT2D eigenvalue weighted by molar-refractivity contribution is 6.06. The van der Waals surface area contributed by atoms with Crippen molar-refractivity contribution in [3.8, 4) is 11.5 Å². The number of ether oxygens (including phenoxy) is 2. The average molecular weight is 356 g/mol. The second-order valence-electron chi connectivity index (χ2n) is 5.71. The highest BCUT2D eigenvalue weighted by Gasteiger charge is 2.13. The molecule has 2 rings (SSSR count). The number of amides is 2. The lowest BCUT2D eigenvalue weighted by molar-refractivity contribution is 0.0953. The van der Waals surface area contributed by atoms with E-state index in [0.717, 1.165) is 12.8 Å². The van der Waals surface area contributed by atoms with Crippen LogP contribution in [0, 0.1) is 0 Å². The van der Waals surface area contributed by atoms with E-state index in [1.165, 1.54) is 7.11 Å². The van der Waals surface area contributed by atoms with Crippen molar-refractivity contribution in [1.29, 1.82) is 0 Å². The number of nitrogens with one attached hydrogen (secondary N) is 2. The van der Waals surface area contributed by atoms with Crippen LogP contribution in [0.1, 0.15) is 40.5 Å². The monoisotopic (exact) mass is 356 g/mol. The van der Waals surface area contributed by atoms with Crippen molar-refractivity contribution in [1.82, 2.24) is 5.32 Å². The number of hydrogen-bond donors (Lipinski definition) is 2. The summed E-state index contributed by atoms with van der Waals surface area (Å²) in [6.07, 6.45) is 1.93. The van der Waals surface area contributed by atoms with Crippen LogP contribution in [0.2, 0.25) is 0 Å². The minimum absolute atomic E-state index is 0.185. The van der Waals surface area contributed by atoms with Crippen LogP contribution in [0.5, 0.6) is 11.5 Å². The summed E-state index contributed by atoms with van der Waals surface area (Å²) in [6.45, 7) is 2.68. The van der Waals surface area contributed by atoms with Crippen molar-refractivity contribution in [2.75, 3.05) is 26.1 Å². The number of methoxy groups -OCH3 is 2. The maximum absolute atomic E-state index is 12.5. The molecular formula is C20H24N2O4. The number of anilines is 1. The van der Waals surface area contributed by atoms with Crippen molar-refractivity contribution >= 4 is 17.5 Å². The van der Waals surface area contributed by atoms with E-state index in [2.05, 4.69) is 17.6 Å². The van der Waals surface area contributed by atoms with E-state index < -0.39 is 0 Å². The molecule has 0 radical (unpaired) electrons. The van der Waals surface area contributed by atoms with Crippen LogP contribution in [0.3, 0.4) is 0 Å². The maximum atomic E-state index is 12.5. The zero-order chi connectivity index (χ0) is 18.9. The number of hydrogen-bond acceptors (Lipinski definition) is 4. The second kappa shape index (κ2) is 9.46. The van der Waals surface area contributed by atoms with Crippen molar-refractivity contribution in [3.05, 3.63) is 53.6 Å². The van der Waals surface area contributed by atoms with Crippen LogP contribution in [-0.4, -0.2) is 32.6 Å². The second-order valence-corrected chi connectivity index (χ2v) is 5.71. The van der Waals surface area contributed by atoms with Crippen LogP contribution < -0.4 is 20.1 Å². The van der Waals surface area contributed by atoms with Gasteiger partial charge in [0.1, 0.15) is 11.5 Å². The first-order chi connectivity index (χ1) is 12.6. The van der Waals surface area contributed by atoms with Gasteiger partial charge in [-0.15, -0.1) is 0 Å². The Morgan fingerprint density at radius 1 is 0.962 bits per heavy atom. The van der Waals surface area contributed by atoms with E-state index in [-0.39, 0.29) is 11.8 Å². The molecule has 6 nitrogen and oxygen atoms in total. The fourth-order valence-electron chi connectivity index (χ4n) is 2.38. The highest BCUT2D eigenvalue weighted by atomic mass is 16.5. The van der Waals surface area contributed by atoms with Gasteiger partial charge in [0.25, 0.3) is 11.8 Å². The van der Waals surface area contributed by atoms with Gasteiger partial charge in [0.2, 0.25) is 0 Å². The Balaban J connectivity index is 2.13. The van der Waals surface area contributed by atoms with Gasteiger partial charge in [-0.1, -0.05) is 19.4 Å². The molecule has 0 spiro atoms. The minimum atomic E-state index is -0.323. The Bertz CT molecular complexity index is 774. The normalized spacial score (nSPS) is 10.1. The van der Waals surface area contributed by atoms with Crippen molar-refractivity contribution in [3.63, 3.8) is 0 Å². The fraction of sp³-hybridized carbons (Fsp3) is 0.300. The van der Waals surface area contributed by atoms with Crippen molar-refractivity contribution in [2.45, 2.75) is 19.8 Å². The number of carbonyl (C=O) groups excluding carboxylic acids is 2. The largest absolute Gasteiger partial charge is 0.497 e. The summed E-state index contributed by atoms with van der Waals surface area (Å²) in [4.78, 5) is 24.7. The molecule has 0 bridgehead atoms. The number of unbranched alkanes of at least 4 members (excludes halogenated alkanes) is 1. The lowest BCUT2D eigenvalue weighted by atomic mass is 10.1. The Kier molecular flexibility index (Phi) is 7.02. The van der Waals surface area contributed by atoms with Gasteiger partial charge in [-0.25, -0.2) is 0 Å². The molecule has 0 unspecified atom stereocenters. The third-order valence-corrected chi connectivity index (χ3v) is 3.86. The summed E-state index contributed by atoms with van der Waals surface area (Å²) in [7, 11) is 3.08. The maximum Gasteiger partial charge on any atom is 0.255 e. The van der Waals surface area contributed by atoms with Crippen LogP contribution in [-0.2, 0) is 0 Å². The zero-order valence-corrected chi connectivity index (χ0v) is 15.3. The first-order valence-corrected chi connectivity index (χ1v) is 8.50. The fourth-order valence-corrected chi connectivity index (χ4v) is 2.38. The summed E-state index contributed by atoms with van der Waals surface area (Å²) in [6, 6.07) is 11.7. The molecule has 0 aliphatic heterocycles. The van der Waals surface area contributed by atoms with E-state index in [0.29, 0.717) is 34.9 Å². The van der Waals surface area contributed by atoms with E-state index in [1.807, 2.05) is 0 Å². The van der Waals surface area contributed by atoms with Gasteiger partial charge in [-0.2, -0.15) is 0 Å². The molecule has 2 aromatic rings. The molecule has 0 heterocycles. The molecule has 138 valence electrons. The van der Waals surface area contributed by atoms with Gasteiger partial charge in [-0.3, -0.25) is 9.59 Å². The predicted molar refractivity (Wildman–Crippen MR) is 101 cm³/mol. The summed E-state index contributed by atoms with van der Waals surface area (Å²) in [5, 5.41) is 5.64. The molecule has 2 amide bonds. The zero-order valence-electron chi connectivity index (χ0n) is 15.3. The predicted octanol–water partition coefficient (Wildman–Crippen LogP) is 3.49. The first-order valence-electron chi connectivity index (χ1n) is 8.50. The van der Waals surface area contributed by atoms with E-state index >= 15 is 0 Å². The molecule has 0 aliphatic carbocycles. The van der Waals surface area contributed by atoms with Crippen molar-refractivity contribution < 1.29 is 19.1 Å². The van der Waals surface area contributed by atoms with E-state index in [9.17, 15) is 9.59 Å². The number of rotatable bonds is 8. The van der Waals surface area contributed by atoms with Gasteiger partial charge in [0, 0.05) is 23.7 Å². The molecule has 2 N–H and O–H groups in total. The third-order valence-electron chi connectivity index (χ3n) is 3.86. The van der Waals surface area contributed by atoms with Gasteiger partial charge >= 0.3 is 0 Å². The Morgan fingerprint density at radius 3 is 2.35 bits per heavy atom. The summed E-state index contributed by atoms with van der Waals surface area (Å²) in [5.41, 5.74) is 1.37. The molecule has 0 aromatic heterocycles. The summed E-state index contributed by atoms with van der Waals surface area (Å²) >= 11 is 0. The molecule has 0 saturated carbocycles. The van der Waals surface area contributed by atoms with Gasteiger partial charge < -0.3 is 20.1 Å². The van der Waals surface area contributed by atoms with Crippen LogP contribution in [0.15, 0.2) is 42.5 Å². The minimum Gasteiger partial charge on any atom is -0.497 e. The van der Waals surface area contributed by atoms with Gasteiger partial charge in [0.15, 0.2) is 0 Å². The molecule has 0 atom stereocenters. The molecule has 0 saturated heterocycles. The average Bonchev–Trinajstić information content (AvgIpc) is 2.68. The Labute approximate surface area is 153 Å². The molecule has 2 aromatic carbocycles. The van der Waals surface area contributed by atoms with Crippen molar-refractivity contribution in [2.24, 2.45) is 0 Å².